The average Bonchev–Trinajstić information content (AvgIpc) is 3.01. The summed E-state index contributed by atoms with van der Waals surface area (Å²) in [6.07, 6.45) is 3.71. The van der Waals surface area contributed by atoms with Gasteiger partial charge in [-0.3, -0.25) is 0 Å². The van der Waals surface area contributed by atoms with Crippen molar-refractivity contribution in [1.82, 2.24) is 14.9 Å². The molecule has 1 saturated carbocycles. The molecule has 1 aliphatic heterocycles. The van der Waals surface area contributed by atoms with E-state index in [1.54, 1.807) is 0 Å². The molecule has 2 fully saturated rings. The first-order valence-electron chi connectivity index (χ1n) is 6.30. The molecule has 1 aromatic heterocycles. The largest absolute Gasteiger partial charge is 0.480 e. The highest BCUT2D eigenvalue weighted by atomic mass is 79.9. The summed E-state index contributed by atoms with van der Waals surface area (Å²) in [5.74, 6) is 0.380. The zero-order valence-corrected chi connectivity index (χ0v) is 12.2. The predicted octanol–water partition coefficient (Wildman–Crippen LogP) is 0.861. The zero-order chi connectivity index (χ0) is 13.6. The molecule has 104 valence electrons. The molecule has 19 heavy (non-hydrogen) atoms. The number of hydrogen-bond acceptors (Lipinski definition) is 4. The van der Waals surface area contributed by atoms with Crippen molar-refractivity contribution in [2.24, 2.45) is 13.0 Å². The van der Waals surface area contributed by atoms with Crippen LogP contribution in [-0.2, 0) is 22.2 Å². The van der Waals surface area contributed by atoms with E-state index in [1.165, 1.54) is 0 Å². The maximum Gasteiger partial charge on any atom is 0.329 e. The standard InChI is InChI=1S/C12H16BrN3O3/c1-16-5-9(13)15-11(16)12(19-6-10(17)18)3-7-2-8(12)14-4-7/h5,7-8,14H,2-4,6H2,1H3,(H,17,18). The number of fused-ring (bicyclic) bond motifs is 2. The molecule has 0 spiro atoms. The van der Waals surface area contributed by atoms with Crippen LogP contribution in [0, 0.1) is 5.92 Å². The molecular formula is C12H16BrN3O3. The van der Waals surface area contributed by atoms with Crippen LogP contribution in [0.15, 0.2) is 10.8 Å². The van der Waals surface area contributed by atoms with Crippen molar-refractivity contribution in [3.8, 4) is 0 Å². The summed E-state index contributed by atoms with van der Waals surface area (Å²) in [5.41, 5.74) is -0.623. The van der Waals surface area contributed by atoms with Gasteiger partial charge in [-0.05, 0) is 41.2 Å². The molecule has 0 aromatic carbocycles. The SMILES string of the molecule is Cn1cc(Br)nc1C1(OCC(=O)O)CC2CNC1C2. The Bertz CT molecular complexity index is 518. The minimum absolute atomic E-state index is 0.143. The second kappa shape index (κ2) is 4.57. The van der Waals surface area contributed by atoms with Crippen LogP contribution in [-0.4, -0.2) is 39.8 Å². The Morgan fingerprint density at radius 3 is 3.05 bits per heavy atom. The summed E-state index contributed by atoms with van der Waals surface area (Å²) in [5, 5.41) is 12.3. The molecule has 1 aromatic rings. The van der Waals surface area contributed by atoms with Gasteiger partial charge in [0.1, 0.15) is 22.6 Å². The molecule has 0 radical (unpaired) electrons. The lowest BCUT2D eigenvalue weighted by atomic mass is 9.92. The third kappa shape index (κ3) is 2.09. The molecule has 1 aliphatic carbocycles. The lowest BCUT2D eigenvalue weighted by molar-refractivity contribution is -0.154. The lowest BCUT2D eigenvalue weighted by Crippen LogP contribution is -2.50. The number of nitrogens with zero attached hydrogens (tertiary/aromatic N) is 2. The monoisotopic (exact) mass is 329 g/mol. The van der Waals surface area contributed by atoms with E-state index in [0.717, 1.165) is 29.8 Å². The van der Waals surface area contributed by atoms with Crippen molar-refractivity contribution < 1.29 is 14.6 Å². The molecular weight excluding hydrogens is 314 g/mol. The summed E-state index contributed by atoms with van der Waals surface area (Å²) in [4.78, 5) is 15.3. The molecule has 2 heterocycles. The van der Waals surface area contributed by atoms with E-state index in [9.17, 15) is 4.79 Å². The lowest BCUT2D eigenvalue weighted by Gasteiger charge is -2.36. The Kier molecular flexibility index (Phi) is 3.15. The maximum atomic E-state index is 10.8. The van der Waals surface area contributed by atoms with Gasteiger partial charge in [-0.2, -0.15) is 0 Å². The van der Waals surface area contributed by atoms with Gasteiger partial charge in [-0.1, -0.05) is 0 Å². The fourth-order valence-corrected chi connectivity index (χ4v) is 3.85. The smallest absolute Gasteiger partial charge is 0.329 e. The second-order valence-electron chi connectivity index (χ2n) is 5.34. The summed E-state index contributed by atoms with van der Waals surface area (Å²) < 4.78 is 8.45. The Hall–Kier alpha value is -0.920. The number of aryl methyl sites for hydroxylation is 1. The summed E-state index contributed by atoms with van der Waals surface area (Å²) >= 11 is 3.36. The van der Waals surface area contributed by atoms with Gasteiger partial charge < -0.3 is 19.7 Å². The fraction of sp³-hybridized carbons (Fsp3) is 0.667. The molecule has 6 nitrogen and oxygen atoms in total. The van der Waals surface area contributed by atoms with Crippen molar-refractivity contribution in [2.75, 3.05) is 13.2 Å². The van der Waals surface area contributed by atoms with Crippen LogP contribution in [0.2, 0.25) is 0 Å². The van der Waals surface area contributed by atoms with Crippen LogP contribution in [0.5, 0.6) is 0 Å². The van der Waals surface area contributed by atoms with E-state index in [-0.39, 0.29) is 12.6 Å². The van der Waals surface area contributed by atoms with Crippen molar-refractivity contribution in [2.45, 2.75) is 24.5 Å². The highest BCUT2D eigenvalue weighted by molar-refractivity contribution is 9.10. The van der Waals surface area contributed by atoms with Gasteiger partial charge in [0.05, 0.1) is 0 Å². The van der Waals surface area contributed by atoms with E-state index >= 15 is 0 Å². The number of rotatable bonds is 4. The number of imidazole rings is 1. The second-order valence-corrected chi connectivity index (χ2v) is 6.15. The van der Waals surface area contributed by atoms with Crippen LogP contribution in [0.3, 0.4) is 0 Å². The van der Waals surface area contributed by atoms with Gasteiger partial charge in [0.25, 0.3) is 0 Å². The number of aromatic nitrogens is 2. The van der Waals surface area contributed by atoms with Crippen LogP contribution < -0.4 is 5.32 Å². The first kappa shape index (κ1) is 13.1. The number of carboxylic acids is 1. The highest BCUT2D eigenvalue weighted by Gasteiger charge is 2.55. The molecule has 3 rings (SSSR count). The Balaban J connectivity index is 1.97. The number of halogens is 1. The minimum Gasteiger partial charge on any atom is -0.480 e. The number of carboxylic acid groups (broad SMARTS) is 1. The quantitative estimate of drug-likeness (QED) is 0.856. The fourth-order valence-electron chi connectivity index (χ4n) is 3.38. The number of nitrogens with one attached hydrogen (secondary N) is 1. The summed E-state index contributed by atoms with van der Waals surface area (Å²) in [6.45, 7) is 0.684. The van der Waals surface area contributed by atoms with Crippen LogP contribution in [0.4, 0.5) is 0 Å². The van der Waals surface area contributed by atoms with Crippen molar-refractivity contribution in [1.29, 1.82) is 0 Å². The summed E-state index contributed by atoms with van der Waals surface area (Å²) in [6, 6.07) is 0.143. The molecule has 3 atom stereocenters. The molecule has 0 amide bonds. The summed E-state index contributed by atoms with van der Waals surface area (Å²) in [7, 11) is 1.91. The van der Waals surface area contributed by atoms with Crippen molar-refractivity contribution in [3.05, 3.63) is 16.6 Å². The first-order chi connectivity index (χ1) is 9.01. The van der Waals surface area contributed by atoms with Gasteiger partial charge in [0.15, 0.2) is 0 Å². The van der Waals surface area contributed by atoms with Crippen LogP contribution in [0.1, 0.15) is 18.7 Å². The van der Waals surface area contributed by atoms with E-state index in [1.807, 2.05) is 17.8 Å². The zero-order valence-electron chi connectivity index (χ0n) is 10.6. The van der Waals surface area contributed by atoms with Crippen molar-refractivity contribution in [3.63, 3.8) is 0 Å². The number of piperidine rings is 1. The van der Waals surface area contributed by atoms with E-state index in [0.29, 0.717) is 5.92 Å². The molecule has 1 saturated heterocycles. The van der Waals surface area contributed by atoms with Crippen LogP contribution in [0.25, 0.3) is 0 Å². The number of hydrogen-bond donors (Lipinski definition) is 2. The van der Waals surface area contributed by atoms with Gasteiger partial charge in [0.2, 0.25) is 0 Å². The third-order valence-corrected chi connectivity index (χ3v) is 4.44. The molecule has 2 bridgehead atoms. The molecule has 2 N–H and O–H groups in total. The maximum absolute atomic E-state index is 10.8. The number of carbonyl (C=O) groups is 1. The van der Waals surface area contributed by atoms with Crippen LogP contribution >= 0.6 is 15.9 Å². The average molecular weight is 330 g/mol. The predicted molar refractivity (Wildman–Crippen MR) is 70.7 cm³/mol. The number of ether oxygens (including phenoxy) is 1. The number of aliphatic carboxylic acids is 1. The topological polar surface area (TPSA) is 76.4 Å². The van der Waals surface area contributed by atoms with Crippen molar-refractivity contribution >= 4 is 21.9 Å². The normalized spacial score (nSPS) is 32.9. The molecule has 7 heteroatoms. The Morgan fingerprint density at radius 1 is 1.79 bits per heavy atom. The van der Waals surface area contributed by atoms with E-state index in [2.05, 4.69) is 26.2 Å². The third-order valence-electron chi connectivity index (χ3n) is 4.06. The van der Waals surface area contributed by atoms with Gasteiger partial charge in [-0.25, -0.2) is 9.78 Å². The van der Waals surface area contributed by atoms with E-state index < -0.39 is 11.6 Å². The van der Waals surface area contributed by atoms with Gasteiger partial charge in [-0.15, -0.1) is 0 Å². The molecule has 2 aliphatic rings. The Labute approximate surface area is 119 Å². The van der Waals surface area contributed by atoms with Gasteiger partial charge in [0, 0.05) is 19.3 Å². The Morgan fingerprint density at radius 2 is 2.58 bits per heavy atom. The first-order valence-corrected chi connectivity index (χ1v) is 7.09. The molecule has 3 unspecified atom stereocenters. The minimum atomic E-state index is -0.949. The van der Waals surface area contributed by atoms with E-state index in [4.69, 9.17) is 9.84 Å². The highest BCUT2D eigenvalue weighted by Crippen LogP contribution is 2.48. The van der Waals surface area contributed by atoms with Gasteiger partial charge >= 0.3 is 5.97 Å².